The Labute approximate surface area is 165 Å². The second kappa shape index (κ2) is 10.5. The van der Waals surface area contributed by atoms with Gasteiger partial charge in [-0.1, -0.05) is 36.7 Å². The predicted octanol–water partition coefficient (Wildman–Crippen LogP) is 3.72. The minimum Gasteiger partial charge on any atom is -0.485 e. The maximum atomic E-state index is 12.4. The van der Waals surface area contributed by atoms with Crippen LogP contribution in [-0.4, -0.2) is 29.7 Å². The quantitative estimate of drug-likeness (QED) is 0.624. The number of nitrogens with one attached hydrogen (secondary N) is 1. The van der Waals surface area contributed by atoms with Crippen molar-refractivity contribution < 1.29 is 23.6 Å². The van der Waals surface area contributed by atoms with Crippen molar-refractivity contribution in [1.82, 2.24) is 10.5 Å². The van der Waals surface area contributed by atoms with Crippen molar-refractivity contribution in [2.45, 2.75) is 59.6 Å². The monoisotopic (exact) mass is 388 g/mol. The van der Waals surface area contributed by atoms with Crippen molar-refractivity contribution in [3.05, 3.63) is 46.8 Å². The van der Waals surface area contributed by atoms with Gasteiger partial charge in [0.15, 0.2) is 11.5 Å². The number of aromatic nitrogens is 1. The fourth-order valence-electron chi connectivity index (χ4n) is 2.91. The molecule has 0 unspecified atom stereocenters. The topological polar surface area (TPSA) is 90.7 Å². The zero-order valence-corrected chi connectivity index (χ0v) is 16.9. The minimum atomic E-state index is -0.384. The molecule has 0 saturated heterocycles. The van der Waals surface area contributed by atoms with E-state index in [0.29, 0.717) is 18.8 Å². The van der Waals surface area contributed by atoms with Crippen molar-refractivity contribution in [2.75, 3.05) is 6.61 Å². The van der Waals surface area contributed by atoms with Gasteiger partial charge in [-0.3, -0.25) is 9.59 Å². The molecule has 1 amide bonds. The van der Waals surface area contributed by atoms with Gasteiger partial charge >= 0.3 is 5.97 Å². The van der Waals surface area contributed by atoms with Gasteiger partial charge < -0.3 is 19.3 Å². The Hall–Kier alpha value is -2.83. The van der Waals surface area contributed by atoms with E-state index < -0.39 is 0 Å². The van der Waals surface area contributed by atoms with E-state index in [4.69, 9.17) is 14.0 Å². The number of ether oxygens (including phenoxy) is 2. The molecule has 7 nitrogen and oxygen atoms in total. The second-order valence-electron chi connectivity index (χ2n) is 6.66. The first-order valence-electron chi connectivity index (χ1n) is 9.55. The molecule has 0 fully saturated rings. The molecule has 0 bridgehead atoms. The van der Waals surface area contributed by atoms with Gasteiger partial charge in [0, 0.05) is 12.1 Å². The Morgan fingerprint density at radius 2 is 1.93 bits per heavy atom. The van der Waals surface area contributed by atoms with E-state index in [-0.39, 0.29) is 36.6 Å². The Kier molecular flexibility index (Phi) is 8.04. The van der Waals surface area contributed by atoms with E-state index >= 15 is 0 Å². The molecule has 0 aliphatic carbocycles. The summed E-state index contributed by atoms with van der Waals surface area (Å²) in [5, 5.41) is 6.64. The molecule has 2 aromatic rings. The van der Waals surface area contributed by atoms with Crippen LogP contribution < -0.4 is 10.1 Å². The van der Waals surface area contributed by atoms with Crippen LogP contribution in [0.5, 0.6) is 5.75 Å². The molecular formula is C21H28N2O5. The zero-order valence-electron chi connectivity index (χ0n) is 16.9. The summed E-state index contributed by atoms with van der Waals surface area (Å²) < 4.78 is 16.0. The molecule has 0 aliphatic heterocycles. The lowest BCUT2D eigenvalue weighted by Gasteiger charge is -2.16. The van der Waals surface area contributed by atoms with E-state index in [1.54, 1.807) is 13.0 Å². The van der Waals surface area contributed by atoms with Crippen LogP contribution >= 0.6 is 0 Å². The maximum Gasteiger partial charge on any atom is 0.307 e. The number of rotatable bonds is 10. The van der Waals surface area contributed by atoms with Crippen LogP contribution in [0.15, 0.2) is 28.8 Å². The third-order valence-electron chi connectivity index (χ3n) is 4.25. The summed E-state index contributed by atoms with van der Waals surface area (Å²) in [6.45, 7) is 8.18. The molecule has 7 heteroatoms. The summed E-state index contributed by atoms with van der Waals surface area (Å²) in [6.07, 6.45) is 1.64. The number of esters is 1. The molecule has 1 aromatic heterocycles. The van der Waals surface area contributed by atoms with Gasteiger partial charge in [0.25, 0.3) is 5.91 Å². The molecule has 2 rings (SSSR count). The van der Waals surface area contributed by atoms with Crippen LogP contribution in [0.25, 0.3) is 0 Å². The van der Waals surface area contributed by atoms with Crippen molar-refractivity contribution in [3.8, 4) is 5.75 Å². The van der Waals surface area contributed by atoms with Crippen molar-refractivity contribution in [2.24, 2.45) is 0 Å². The smallest absolute Gasteiger partial charge is 0.307 e. The van der Waals surface area contributed by atoms with Crippen molar-refractivity contribution in [3.63, 3.8) is 0 Å². The second-order valence-corrected chi connectivity index (χ2v) is 6.66. The van der Waals surface area contributed by atoms with E-state index in [1.807, 2.05) is 39.0 Å². The number of benzene rings is 1. The number of nitrogens with zero attached hydrogens (tertiary/aromatic N) is 1. The highest BCUT2D eigenvalue weighted by atomic mass is 16.5. The average Bonchev–Trinajstić information content (AvgIpc) is 3.11. The molecular weight excluding hydrogens is 360 g/mol. The maximum absolute atomic E-state index is 12.4. The lowest BCUT2D eigenvalue weighted by Crippen LogP contribution is -2.37. The lowest BCUT2D eigenvalue weighted by molar-refractivity contribution is -0.143. The van der Waals surface area contributed by atoms with Gasteiger partial charge in [-0.15, -0.1) is 0 Å². The molecule has 0 radical (unpaired) electrons. The highest BCUT2D eigenvalue weighted by Gasteiger charge is 2.20. The molecule has 0 aliphatic rings. The number of carbonyl (C=O) groups is 2. The normalized spacial score (nSPS) is 11.7. The molecule has 0 saturated carbocycles. The number of hydrogen-bond donors (Lipinski definition) is 1. The van der Waals surface area contributed by atoms with Gasteiger partial charge in [-0.25, -0.2) is 0 Å². The fraction of sp³-hybridized carbons (Fsp3) is 0.476. The van der Waals surface area contributed by atoms with Gasteiger partial charge in [-0.05, 0) is 38.3 Å². The van der Waals surface area contributed by atoms with Crippen LogP contribution in [0.4, 0.5) is 0 Å². The summed E-state index contributed by atoms with van der Waals surface area (Å²) >= 11 is 0. The fourth-order valence-corrected chi connectivity index (χ4v) is 2.91. The van der Waals surface area contributed by atoms with Crippen LogP contribution in [0, 0.1) is 13.8 Å². The van der Waals surface area contributed by atoms with E-state index in [0.717, 1.165) is 23.3 Å². The summed E-state index contributed by atoms with van der Waals surface area (Å²) in [4.78, 5) is 24.1. The number of hydrogen-bond acceptors (Lipinski definition) is 6. The van der Waals surface area contributed by atoms with Crippen molar-refractivity contribution in [1.29, 1.82) is 0 Å². The third kappa shape index (κ3) is 6.11. The van der Waals surface area contributed by atoms with Crippen molar-refractivity contribution >= 4 is 11.9 Å². The van der Waals surface area contributed by atoms with Crippen LogP contribution in [0.2, 0.25) is 0 Å². The highest BCUT2D eigenvalue weighted by molar-refractivity contribution is 5.92. The zero-order chi connectivity index (χ0) is 20.5. The lowest BCUT2D eigenvalue weighted by atomic mass is 10.1. The van der Waals surface area contributed by atoms with Gasteiger partial charge in [-0.2, -0.15) is 0 Å². The number of amides is 1. The van der Waals surface area contributed by atoms with Gasteiger partial charge in [0.05, 0.1) is 13.0 Å². The molecule has 1 N–H and O–H groups in total. The number of para-hydroxylation sites is 1. The molecule has 28 heavy (non-hydrogen) atoms. The number of carbonyl (C=O) groups excluding carboxylic acids is 2. The number of aryl methyl sites for hydroxylation is 2. The first-order valence-corrected chi connectivity index (χ1v) is 9.55. The standard InChI is InChI=1S/C21H28N2O5/c1-5-8-16(11-19(24)26-6-2)22-21(25)18-12-17(28-23-18)13-27-20-14(3)9-7-10-15(20)4/h7,9-10,12,16H,5-6,8,11,13H2,1-4H3,(H,22,25)/t16-/m0/s1. The largest absolute Gasteiger partial charge is 0.485 e. The first kappa shape index (κ1) is 21.5. The van der Waals surface area contributed by atoms with Crippen LogP contribution in [-0.2, 0) is 16.1 Å². The first-order chi connectivity index (χ1) is 13.4. The average molecular weight is 388 g/mol. The molecule has 1 aromatic carbocycles. The third-order valence-corrected chi connectivity index (χ3v) is 4.25. The SMILES string of the molecule is CCC[C@@H](CC(=O)OCC)NC(=O)c1cc(COc2c(C)cccc2C)on1. The van der Waals surface area contributed by atoms with Gasteiger partial charge in [0.2, 0.25) is 0 Å². The highest BCUT2D eigenvalue weighted by Crippen LogP contribution is 2.23. The Bertz CT molecular complexity index is 780. The van der Waals surface area contributed by atoms with E-state index in [1.165, 1.54) is 0 Å². The summed E-state index contributed by atoms with van der Waals surface area (Å²) in [5.74, 6) is 0.529. The van der Waals surface area contributed by atoms with E-state index in [9.17, 15) is 9.59 Å². The predicted molar refractivity (Wildman–Crippen MR) is 104 cm³/mol. The summed E-state index contributed by atoms with van der Waals surface area (Å²) in [5.41, 5.74) is 2.21. The van der Waals surface area contributed by atoms with E-state index in [2.05, 4.69) is 10.5 Å². The Morgan fingerprint density at radius 1 is 1.21 bits per heavy atom. The van der Waals surface area contributed by atoms with Gasteiger partial charge in [0.1, 0.15) is 12.4 Å². The summed E-state index contributed by atoms with van der Waals surface area (Å²) in [7, 11) is 0. The minimum absolute atomic E-state index is 0.133. The van der Waals surface area contributed by atoms with Crippen LogP contribution in [0.1, 0.15) is 60.5 Å². The molecule has 152 valence electrons. The Morgan fingerprint density at radius 3 is 2.57 bits per heavy atom. The molecule has 0 spiro atoms. The summed E-state index contributed by atoms with van der Waals surface area (Å²) in [6, 6.07) is 7.16. The van der Waals surface area contributed by atoms with Crippen LogP contribution in [0.3, 0.4) is 0 Å². The molecule has 1 atom stereocenters. The molecule has 1 heterocycles. The Balaban J connectivity index is 1.95.